The molecule has 1 heterocycles. The molecular weight excluding hydrogens is 340 g/mol. The molecule has 0 aromatic heterocycles. The quantitative estimate of drug-likeness (QED) is 0.187. The molecule has 0 saturated carbocycles. The summed E-state index contributed by atoms with van der Waals surface area (Å²) >= 11 is 4.34. The van der Waals surface area contributed by atoms with E-state index in [2.05, 4.69) is 17.7 Å². The van der Waals surface area contributed by atoms with E-state index in [4.69, 9.17) is 25.8 Å². The minimum Gasteiger partial charge on any atom is -0.497 e. The summed E-state index contributed by atoms with van der Waals surface area (Å²) in [6.45, 7) is 0.214. The Morgan fingerprint density at radius 2 is 2.00 bits per heavy atom. The monoisotopic (exact) mass is 359 g/mol. The minimum absolute atomic E-state index is 0.214. The summed E-state index contributed by atoms with van der Waals surface area (Å²) in [5, 5.41) is 4.37. The van der Waals surface area contributed by atoms with E-state index < -0.39 is 0 Å². The van der Waals surface area contributed by atoms with Crippen LogP contribution in [0.5, 0.6) is 17.2 Å². The van der Waals surface area contributed by atoms with Gasteiger partial charge in [0.25, 0.3) is 0 Å². The number of methoxy groups -OCH3 is 1. The summed E-state index contributed by atoms with van der Waals surface area (Å²) in [4.78, 5) is 1.13. The fourth-order valence-corrected chi connectivity index (χ4v) is 2.60. The number of nitrogens with zero attached hydrogens (tertiary/aromatic N) is 2. The van der Waals surface area contributed by atoms with Crippen LogP contribution in [-0.2, 0) is 0 Å². The van der Waals surface area contributed by atoms with E-state index in [0.29, 0.717) is 40.1 Å². The first kappa shape index (κ1) is 17.0. The SMILES string of the molecule is COc1cccc(/C(N)=[N+](N)\N=C(/CS)c2ccc3c(c2)OCO3)c1. The second kappa shape index (κ2) is 7.35. The summed E-state index contributed by atoms with van der Waals surface area (Å²) < 4.78 is 15.9. The number of nitrogens with two attached hydrogens (primary N) is 2. The minimum atomic E-state index is 0.214. The van der Waals surface area contributed by atoms with Gasteiger partial charge in [-0.2, -0.15) is 12.6 Å². The molecule has 0 atom stereocenters. The predicted octanol–water partition coefficient (Wildman–Crippen LogP) is 1.35. The van der Waals surface area contributed by atoms with Crippen molar-refractivity contribution < 1.29 is 19.0 Å². The topological polar surface area (TPSA) is 95.1 Å². The van der Waals surface area contributed by atoms with Gasteiger partial charge < -0.3 is 14.2 Å². The second-order valence-corrected chi connectivity index (χ2v) is 5.55. The molecule has 0 radical (unpaired) electrons. The molecule has 25 heavy (non-hydrogen) atoms. The fourth-order valence-electron chi connectivity index (χ4n) is 2.36. The van der Waals surface area contributed by atoms with Crippen molar-refractivity contribution in [3.63, 3.8) is 0 Å². The fraction of sp³-hybridized carbons (Fsp3) is 0.176. The molecule has 1 aliphatic rings. The largest absolute Gasteiger partial charge is 0.497 e. The Labute approximate surface area is 150 Å². The van der Waals surface area contributed by atoms with Crippen LogP contribution < -0.4 is 25.8 Å². The van der Waals surface area contributed by atoms with Gasteiger partial charge in [0.1, 0.15) is 11.5 Å². The summed E-state index contributed by atoms with van der Waals surface area (Å²) in [5.74, 6) is 8.74. The molecule has 0 bridgehead atoms. The van der Waals surface area contributed by atoms with Crippen LogP contribution >= 0.6 is 12.6 Å². The molecule has 0 saturated heterocycles. The molecule has 4 N–H and O–H groups in total. The summed E-state index contributed by atoms with van der Waals surface area (Å²) in [6, 6.07) is 12.8. The average molecular weight is 359 g/mol. The Hall–Kier alpha value is -2.87. The lowest BCUT2D eigenvalue weighted by Crippen LogP contribution is -2.32. The van der Waals surface area contributed by atoms with Crippen molar-refractivity contribution in [2.75, 3.05) is 19.7 Å². The van der Waals surface area contributed by atoms with Crippen LogP contribution in [0.2, 0.25) is 0 Å². The van der Waals surface area contributed by atoms with Gasteiger partial charge in [-0.1, -0.05) is 11.2 Å². The van der Waals surface area contributed by atoms with Gasteiger partial charge in [-0.25, -0.2) is 5.84 Å². The van der Waals surface area contributed by atoms with Gasteiger partial charge in [0.2, 0.25) is 6.79 Å². The lowest BCUT2D eigenvalue weighted by molar-refractivity contribution is -0.545. The van der Waals surface area contributed by atoms with Crippen LogP contribution in [0.1, 0.15) is 11.1 Å². The molecular formula is C17H19N4O3S+. The van der Waals surface area contributed by atoms with Crippen molar-refractivity contribution in [2.45, 2.75) is 0 Å². The van der Waals surface area contributed by atoms with Gasteiger partial charge in [0.15, 0.2) is 11.5 Å². The van der Waals surface area contributed by atoms with Gasteiger partial charge in [0.05, 0.1) is 12.7 Å². The number of hydrazone groups is 2. The third-order valence-corrected chi connectivity index (χ3v) is 4.00. The van der Waals surface area contributed by atoms with Gasteiger partial charge in [-0.05, 0) is 41.2 Å². The van der Waals surface area contributed by atoms with Crippen LogP contribution in [0, 0.1) is 0 Å². The van der Waals surface area contributed by atoms with Crippen molar-refractivity contribution in [1.82, 2.24) is 0 Å². The van der Waals surface area contributed by atoms with Crippen LogP contribution in [0.4, 0.5) is 0 Å². The third-order valence-electron chi connectivity index (χ3n) is 3.70. The summed E-state index contributed by atoms with van der Waals surface area (Å²) in [5.41, 5.74) is 8.30. The van der Waals surface area contributed by atoms with E-state index in [-0.39, 0.29) is 6.79 Å². The van der Waals surface area contributed by atoms with Crippen LogP contribution in [0.15, 0.2) is 47.6 Å². The number of benzene rings is 2. The highest BCUT2D eigenvalue weighted by Crippen LogP contribution is 2.32. The number of rotatable bonds is 5. The summed E-state index contributed by atoms with van der Waals surface area (Å²) in [7, 11) is 1.59. The van der Waals surface area contributed by atoms with Crippen LogP contribution in [0.3, 0.4) is 0 Å². The van der Waals surface area contributed by atoms with E-state index in [9.17, 15) is 0 Å². The van der Waals surface area contributed by atoms with E-state index >= 15 is 0 Å². The van der Waals surface area contributed by atoms with Gasteiger partial charge in [-0.15, -0.1) is 0 Å². The Bertz CT molecular complexity index is 852. The van der Waals surface area contributed by atoms with Gasteiger partial charge in [-0.3, -0.25) is 5.73 Å². The van der Waals surface area contributed by atoms with Crippen molar-refractivity contribution in [3.05, 3.63) is 53.6 Å². The van der Waals surface area contributed by atoms with E-state index in [1.165, 1.54) is 0 Å². The van der Waals surface area contributed by atoms with E-state index in [0.717, 1.165) is 10.4 Å². The molecule has 2 aromatic carbocycles. The molecule has 0 amide bonds. The van der Waals surface area contributed by atoms with Crippen LogP contribution in [0.25, 0.3) is 0 Å². The maximum absolute atomic E-state index is 6.12. The molecule has 3 rings (SSSR count). The number of hydrogen-bond donors (Lipinski definition) is 3. The predicted molar refractivity (Wildman–Crippen MR) is 98.7 cm³/mol. The number of hydrogen-bond acceptors (Lipinski definition) is 6. The normalized spacial score (nSPS) is 14.2. The highest BCUT2D eigenvalue weighted by molar-refractivity contribution is 7.81. The summed E-state index contributed by atoms with van der Waals surface area (Å²) in [6.07, 6.45) is 0. The lowest BCUT2D eigenvalue weighted by Gasteiger charge is -2.05. The number of thiol groups is 1. The van der Waals surface area contributed by atoms with Crippen molar-refractivity contribution in [3.8, 4) is 17.2 Å². The highest BCUT2D eigenvalue weighted by atomic mass is 32.1. The molecule has 0 aliphatic carbocycles. The molecule has 130 valence electrons. The molecule has 0 unspecified atom stereocenters. The number of hydrazine groups is 1. The van der Waals surface area contributed by atoms with Crippen LogP contribution in [-0.4, -0.2) is 36.0 Å². The third kappa shape index (κ3) is 3.63. The Morgan fingerprint density at radius 1 is 1.20 bits per heavy atom. The first-order valence-corrected chi connectivity index (χ1v) is 8.15. The van der Waals surface area contributed by atoms with Crippen molar-refractivity contribution in [1.29, 1.82) is 0 Å². The molecule has 0 spiro atoms. The first-order chi connectivity index (χ1) is 12.1. The zero-order chi connectivity index (χ0) is 17.8. The second-order valence-electron chi connectivity index (χ2n) is 5.23. The standard InChI is InChI=1S/C17H18N4O3S/c1-22-13-4-2-3-12(7-13)17(18)21(19)20-14(9-25)11-5-6-15-16(8-11)24-10-23-15/h2-8,18,25H,9-10,19H2,1H3/p+1/b20-14+. The maximum Gasteiger partial charge on any atom is 0.325 e. The van der Waals surface area contributed by atoms with Crippen molar-refractivity contribution in [2.24, 2.45) is 16.7 Å². The Balaban J connectivity index is 1.95. The van der Waals surface area contributed by atoms with Gasteiger partial charge >= 0.3 is 5.84 Å². The smallest absolute Gasteiger partial charge is 0.325 e. The number of fused-ring (bicyclic) bond motifs is 1. The zero-order valence-electron chi connectivity index (χ0n) is 13.7. The number of amidine groups is 1. The Kier molecular flexibility index (Phi) is 4.99. The maximum atomic E-state index is 6.12. The Morgan fingerprint density at radius 3 is 2.76 bits per heavy atom. The first-order valence-electron chi connectivity index (χ1n) is 7.52. The molecule has 2 aromatic rings. The van der Waals surface area contributed by atoms with Gasteiger partial charge in [0, 0.05) is 11.3 Å². The molecule has 0 fully saturated rings. The lowest BCUT2D eigenvalue weighted by atomic mass is 10.1. The molecule has 7 nitrogen and oxygen atoms in total. The molecule has 8 heteroatoms. The van der Waals surface area contributed by atoms with Crippen molar-refractivity contribution >= 4 is 24.2 Å². The highest BCUT2D eigenvalue weighted by Gasteiger charge is 2.17. The van der Waals surface area contributed by atoms with E-state index in [1.54, 1.807) is 13.2 Å². The molecule has 1 aliphatic heterocycles. The zero-order valence-corrected chi connectivity index (χ0v) is 14.6. The van der Waals surface area contributed by atoms with E-state index in [1.807, 2.05) is 36.4 Å². The number of ether oxygens (including phenoxy) is 3. The average Bonchev–Trinajstić information content (AvgIpc) is 3.13.